The van der Waals surface area contributed by atoms with Crippen LogP contribution in [0.25, 0.3) is 5.65 Å². The largest absolute Gasteiger partial charge is 0.479 e. The second kappa shape index (κ2) is 7.29. The van der Waals surface area contributed by atoms with E-state index in [0.29, 0.717) is 48.5 Å². The van der Waals surface area contributed by atoms with Crippen molar-refractivity contribution in [3.8, 4) is 11.6 Å². The molecule has 1 saturated carbocycles. The van der Waals surface area contributed by atoms with Gasteiger partial charge in [-0.2, -0.15) is 0 Å². The molecule has 1 aliphatic carbocycles. The third-order valence-electron chi connectivity index (χ3n) is 5.13. The summed E-state index contributed by atoms with van der Waals surface area (Å²) in [6.45, 7) is 1.17. The Labute approximate surface area is 171 Å². The van der Waals surface area contributed by atoms with Gasteiger partial charge in [-0.25, -0.2) is 19.3 Å². The Balaban J connectivity index is 1.25. The van der Waals surface area contributed by atoms with Gasteiger partial charge in [-0.15, -0.1) is 5.10 Å². The molecule has 0 spiro atoms. The number of pyridine rings is 2. The molecule has 2 aliphatic rings. The van der Waals surface area contributed by atoms with Gasteiger partial charge in [-0.3, -0.25) is 4.79 Å². The molecule has 10 heteroatoms. The van der Waals surface area contributed by atoms with E-state index in [0.717, 1.165) is 0 Å². The van der Waals surface area contributed by atoms with Crippen LogP contribution in [0.4, 0.5) is 5.69 Å². The first-order valence-electron chi connectivity index (χ1n) is 9.73. The SMILES string of the molecule is O=C(O)c1nc2ccc(N3CC[C@@H](Oc4ccc(OCC5CC5)nc4)C3=O)cn2n1. The van der Waals surface area contributed by atoms with Crippen LogP contribution in [0.2, 0.25) is 0 Å². The lowest BCUT2D eigenvalue weighted by molar-refractivity contribution is -0.122. The predicted molar refractivity (Wildman–Crippen MR) is 104 cm³/mol. The lowest BCUT2D eigenvalue weighted by Gasteiger charge is -2.17. The van der Waals surface area contributed by atoms with Crippen LogP contribution in [0.5, 0.6) is 11.6 Å². The molecule has 2 fully saturated rings. The molecule has 4 heterocycles. The molecule has 5 rings (SSSR count). The van der Waals surface area contributed by atoms with Crippen LogP contribution >= 0.6 is 0 Å². The summed E-state index contributed by atoms with van der Waals surface area (Å²) in [5.41, 5.74) is 0.994. The Morgan fingerprint density at radius 3 is 2.80 bits per heavy atom. The summed E-state index contributed by atoms with van der Waals surface area (Å²) in [5.74, 6) is 0.0308. The number of ether oxygens (including phenoxy) is 2. The van der Waals surface area contributed by atoms with Gasteiger partial charge in [0.15, 0.2) is 11.8 Å². The molecule has 154 valence electrons. The fourth-order valence-corrected chi connectivity index (χ4v) is 3.32. The number of hydrogen-bond donors (Lipinski definition) is 1. The number of hydrogen-bond acceptors (Lipinski definition) is 7. The average molecular weight is 409 g/mol. The van der Waals surface area contributed by atoms with E-state index in [-0.39, 0.29) is 11.7 Å². The molecule has 1 N–H and O–H groups in total. The van der Waals surface area contributed by atoms with Crippen molar-refractivity contribution in [1.82, 2.24) is 19.6 Å². The number of carboxylic acids is 1. The number of carbonyl (C=O) groups excluding carboxylic acids is 1. The number of aromatic carboxylic acids is 1. The average Bonchev–Trinajstić information content (AvgIpc) is 3.37. The first kappa shape index (κ1) is 18.3. The fraction of sp³-hybridized carbons (Fsp3) is 0.350. The summed E-state index contributed by atoms with van der Waals surface area (Å²) in [4.78, 5) is 33.6. The van der Waals surface area contributed by atoms with E-state index in [2.05, 4.69) is 15.1 Å². The van der Waals surface area contributed by atoms with Crippen LogP contribution in [0, 0.1) is 5.92 Å². The molecular weight excluding hydrogens is 390 g/mol. The van der Waals surface area contributed by atoms with Gasteiger partial charge in [-0.1, -0.05) is 0 Å². The van der Waals surface area contributed by atoms with Gasteiger partial charge in [0.25, 0.3) is 11.7 Å². The molecular formula is C20H19N5O5. The first-order valence-corrected chi connectivity index (χ1v) is 9.73. The molecule has 1 atom stereocenters. The first-order chi connectivity index (χ1) is 14.6. The summed E-state index contributed by atoms with van der Waals surface area (Å²) >= 11 is 0. The molecule has 1 aliphatic heterocycles. The third kappa shape index (κ3) is 3.63. The molecule has 3 aromatic rings. The van der Waals surface area contributed by atoms with E-state index in [1.165, 1.54) is 17.4 Å². The van der Waals surface area contributed by atoms with E-state index in [9.17, 15) is 9.59 Å². The quantitative estimate of drug-likeness (QED) is 0.627. The zero-order valence-corrected chi connectivity index (χ0v) is 16.0. The van der Waals surface area contributed by atoms with Crippen LogP contribution in [0.1, 0.15) is 29.9 Å². The lowest BCUT2D eigenvalue weighted by Crippen LogP contribution is -2.32. The Hall–Kier alpha value is -3.69. The van der Waals surface area contributed by atoms with Gasteiger partial charge in [0.2, 0.25) is 5.88 Å². The van der Waals surface area contributed by atoms with E-state index in [4.69, 9.17) is 14.6 Å². The molecule has 30 heavy (non-hydrogen) atoms. The molecule has 0 aromatic carbocycles. The maximum atomic E-state index is 12.8. The Morgan fingerprint density at radius 1 is 1.20 bits per heavy atom. The van der Waals surface area contributed by atoms with Gasteiger partial charge in [0.05, 0.1) is 24.7 Å². The normalized spacial score (nSPS) is 18.7. The van der Waals surface area contributed by atoms with Crippen molar-refractivity contribution in [2.45, 2.75) is 25.4 Å². The number of fused-ring (bicyclic) bond motifs is 1. The Kier molecular flexibility index (Phi) is 4.46. The number of rotatable bonds is 7. The minimum Gasteiger partial charge on any atom is -0.479 e. The Morgan fingerprint density at radius 2 is 2.07 bits per heavy atom. The summed E-state index contributed by atoms with van der Waals surface area (Å²) in [6, 6.07) is 6.83. The minimum atomic E-state index is -1.21. The fourth-order valence-electron chi connectivity index (χ4n) is 3.32. The number of carboxylic acid groups (broad SMARTS) is 1. The molecule has 3 aromatic heterocycles. The molecule has 10 nitrogen and oxygen atoms in total. The summed E-state index contributed by atoms with van der Waals surface area (Å²) in [6.07, 6.45) is 5.48. The van der Waals surface area contributed by atoms with Crippen molar-refractivity contribution in [2.75, 3.05) is 18.1 Å². The van der Waals surface area contributed by atoms with E-state index < -0.39 is 12.1 Å². The van der Waals surface area contributed by atoms with Gasteiger partial charge >= 0.3 is 5.97 Å². The van der Waals surface area contributed by atoms with Crippen molar-refractivity contribution in [1.29, 1.82) is 0 Å². The number of anilines is 1. The van der Waals surface area contributed by atoms with Crippen LogP contribution in [-0.4, -0.2) is 55.8 Å². The van der Waals surface area contributed by atoms with Crippen molar-refractivity contribution >= 4 is 23.2 Å². The zero-order chi connectivity index (χ0) is 20.7. The standard InChI is InChI=1S/C20H19N5O5/c26-19-15(30-14-4-6-17(21-9-14)29-11-12-1-2-12)7-8-24(19)13-3-5-16-22-18(20(27)28)23-25(16)10-13/h3-6,9-10,12,15H,1-2,7-8,11H2,(H,27,28)/t15-/m1/s1. The number of nitrogens with zero attached hydrogens (tertiary/aromatic N) is 5. The van der Waals surface area contributed by atoms with Gasteiger partial charge < -0.3 is 19.5 Å². The van der Waals surface area contributed by atoms with Crippen molar-refractivity contribution in [3.63, 3.8) is 0 Å². The molecule has 1 saturated heterocycles. The van der Waals surface area contributed by atoms with E-state index in [1.54, 1.807) is 41.6 Å². The van der Waals surface area contributed by atoms with Crippen LogP contribution in [-0.2, 0) is 4.79 Å². The number of aromatic nitrogens is 4. The lowest BCUT2D eigenvalue weighted by atomic mass is 10.3. The van der Waals surface area contributed by atoms with Crippen LogP contribution in [0.15, 0.2) is 36.7 Å². The highest BCUT2D eigenvalue weighted by atomic mass is 16.5. The van der Waals surface area contributed by atoms with Crippen molar-refractivity contribution < 1.29 is 24.2 Å². The second-order valence-electron chi connectivity index (χ2n) is 7.40. The zero-order valence-electron chi connectivity index (χ0n) is 16.0. The summed E-state index contributed by atoms with van der Waals surface area (Å²) in [5, 5.41) is 12.9. The Bertz CT molecular complexity index is 1110. The highest BCUT2D eigenvalue weighted by Gasteiger charge is 2.34. The molecule has 1 amide bonds. The second-order valence-corrected chi connectivity index (χ2v) is 7.40. The monoisotopic (exact) mass is 409 g/mol. The number of carbonyl (C=O) groups is 2. The maximum Gasteiger partial charge on any atom is 0.375 e. The smallest absolute Gasteiger partial charge is 0.375 e. The van der Waals surface area contributed by atoms with Crippen LogP contribution < -0.4 is 14.4 Å². The molecule has 0 unspecified atom stereocenters. The van der Waals surface area contributed by atoms with Gasteiger partial charge in [0.1, 0.15) is 5.75 Å². The van der Waals surface area contributed by atoms with E-state index >= 15 is 0 Å². The topological polar surface area (TPSA) is 119 Å². The maximum absolute atomic E-state index is 12.8. The van der Waals surface area contributed by atoms with Crippen LogP contribution in [0.3, 0.4) is 0 Å². The highest BCUT2D eigenvalue weighted by molar-refractivity contribution is 5.99. The summed E-state index contributed by atoms with van der Waals surface area (Å²) in [7, 11) is 0. The predicted octanol–water partition coefficient (Wildman–Crippen LogP) is 1.80. The molecule has 0 radical (unpaired) electrons. The van der Waals surface area contributed by atoms with Gasteiger partial charge in [0, 0.05) is 19.0 Å². The van der Waals surface area contributed by atoms with E-state index in [1.807, 2.05) is 0 Å². The van der Waals surface area contributed by atoms with Gasteiger partial charge in [-0.05, 0) is 37.0 Å². The highest BCUT2D eigenvalue weighted by Crippen LogP contribution is 2.30. The third-order valence-corrected chi connectivity index (χ3v) is 5.13. The molecule has 0 bridgehead atoms. The van der Waals surface area contributed by atoms with Crippen molar-refractivity contribution in [3.05, 3.63) is 42.5 Å². The van der Waals surface area contributed by atoms with Crippen molar-refractivity contribution in [2.24, 2.45) is 5.92 Å². The minimum absolute atomic E-state index is 0.179. The summed E-state index contributed by atoms with van der Waals surface area (Å²) < 4.78 is 12.8. The number of amides is 1.